The van der Waals surface area contributed by atoms with Crippen LogP contribution in [0.5, 0.6) is 0 Å². The predicted octanol–water partition coefficient (Wildman–Crippen LogP) is 4.13. The van der Waals surface area contributed by atoms with E-state index in [-0.39, 0.29) is 35.1 Å². The molecule has 1 unspecified atom stereocenters. The molecule has 0 fully saturated rings. The minimum Gasteiger partial charge on any atom is -0.350 e. The van der Waals surface area contributed by atoms with Crippen molar-refractivity contribution in [1.29, 1.82) is 0 Å². The lowest BCUT2D eigenvalue weighted by Crippen LogP contribution is -2.51. The second-order valence-electron chi connectivity index (χ2n) is 7.98. The number of carbonyl (C=O) groups excluding carboxylic acids is 4. The van der Waals surface area contributed by atoms with Crippen molar-refractivity contribution in [2.45, 2.75) is 18.7 Å². The van der Waals surface area contributed by atoms with E-state index >= 15 is 0 Å². The molecule has 0 radical (unpaired) electrons. The van der Waals surface area contributed by atoms with Gasteiger partial charge in [-0.2, -0.15) is 11.8 Å². The van der Waals surface area contributed by atoms with E-state index in [1.807, 2.05) is 42.5 Å². The first kappa shape index (κ1) is 24.0. The van der Waals surface area contributed by atoms with Crippen LogP contribution in [-0.2, 0) is 15.3 Å². The van der Waals surface area contributed by atoms with Gasteiger partial charge in [-0.1, -0.05) is 66.4 Å². The molecule has 0 spiro atoms. The maximum Gasteiger partial charge on any atom is 0.261 e. The number of rotatable bonds is 9. The molecule has 1 heterocycles. The van der Waals surface area contributed by atoms with E-state index in [1.165, 1.54) is 11.8 Å². The Hall–Kier alpha value is -3.10. The minimum absolute atomic E-state index is 0.000775. The van der Waals surface area contributed by atoms with Crippen molar-refractivity contribution >= 4 is 57.1 Å². The molecule has 1 N–H and O–H groups in total. The van der Waals surface area contributed by atoms with Gasteiger partial charge in [-0.05, 0) is 23.1 Å². The van der Waals surface area contributed by atoms with Crippen LogP contribution in [0.2, 0.25) is 0 Å². The molecular formula is C26H24N2O4S2. The highest BCUT2D eigenvalue weighted by molar-refractivity contribution is 8.14. The lowest BCUT2D eigenvalue weighted by atomic mass is 9.94. The lowest BCUT2D eigenvalue weighted by Gasteiger charge is -2.30. The van der Waals surface area contributed by atoms with Gasteiger partial charge in [0, 0.05) is 34.9 Å². The molecule has 1 atom stereocenters. The minimum atomic E-state index is -0.453. The fourth-order valence-electron chi connectivity index (χ4n) is 3.94. The van der Waals surface area contributed by atoms with Crippen molar-refractivity contribution in [1.82, 2.24) is 10.2 Å². The molecule has 0 saturated carbocycles. The molecule has 1 aliphatic heterocycles. The summed E-state index contributed by atoms with van der Waals surface area (Å²) >= 11 is 2.55. The summed E-state index contributed by atoms with van der Waals surface area (Å²) in [5, 5.41) is 4.30. The smallest absolute Gasteiger partial charge is 0.261 e. The van der Waals surface area contributed by atoms with Crippen LogP contribution in [0.25, 0.3) is 10.8 Å². The zero-order valence-corrected chi connectivity index (χ0v) is 20.3. The van der Waals surface area contributed by atoms with Gasteiger partial charge in [0.15, 0.2) is 5.12 Å². The quantitative estimate of drug-likeness (QED) is 0.452. The summed E-state index contributed by atoms with van der Waals surface area (Å²) < 4.78 is 0. The van der Waals surface area contributed by atoms with Crippen LogP contribution in [0.4, 0.5) is 0 Å². The van der Waals surface area contributed by atoms with Crippen molar-refractivity contribution in [3.8, 4) is 0 Å². The van der Waals surface area contributed by atoms with Crippen LogP contribution in [0.1, 0.15) is 33.2 Å². The summed E-state index contributed by atoms with van der Waals surface area (Å²) in [5.74, 6) is 0.219. The van der Waals surface area contributed by atoms with Crippen molar-refractivity contribution < 1.29 is 19.2 Å². The number of imide groups is 1. The van der Waals surface area contributed by atoms with Gasteiger partial charge in [0.1, 0.15) is 0 Å². The second kappa shape index (κ2) is 10.9. The average Bonchev–Trinajstić information content (AvgIpc) is 2.84. The van der Waals surface area contributed by atoms with Crippen LogP contribution in [0.15, 0.2) is 66.7 Å². The van der Waals surface area contributed by atoms with Crippen LogP contribution < -0.4 is 5.32 Å². The topological polar surface area (TPSA) is 83.6 Å². The number of benzene rings is 3. The fourth-order valence-corrected chi connectivity index (χ4v) is 5.37. The summed E-state index contributed by atoms with van der Waals surface area (Å²) in [4.78, 5) is 51.5. The average molecular weight is 493 g/mol. The highest BCUT2D eigenvalue weighted by atomic mass is 32.2. The number of nitrogens with one attached hydrogen (secondary N) is 1. The third-order valence-corrected chi connectivity index (χ3v) is 7.45. The summed E-state index contributed by atoms with van der Waals surface area (Å²) in [7, 11) is 0. The van der Waals surface area contributed by atoms with E-state index < -0.39 is 6.04 Å². The number of carbonyl (C=O) groups is 4. The molecule has 3 amide bonds. The molecule has 34 heavy (non-hydrogen) atoms. The van der Waals surface area contributed by atoms with Crippen molar-refractivity contribution in [3.63, 3.8) is 0 Å². The molecule has 0 aromatic heterocycles. The van der Waals surface area contributed by atoms with Gasteiger partial charge in [0.25, 0.3) is 11.8 Å². The van der Waals surface area contributed by atoms with E-state index in [0.717, 1.165) is 28.5 Å². The number of hydrogen-bond acceptors (Lipinski definition) is 6. The van der Waals surface area contributed by atoms with Gasteiger partial charge in [-0.3, -0.25) is 24.1 Å². The molecule has 6 nitrogen and oxygen atoms in total. The maximum atomic E-state index is 13.3. The van der Waals surface area contributed by atoms with E-state index in [2.05, 4.69) is 5.32 Å². The highest BCUT2D eigenvalue weighted by Gasteiger charge is 2.34. The predicted molar refractivity (Wildman–Crippen MR) is 137 cm³/mol. The van der Waals surface area contributed by atoms with Crippen LogP contribution in [-0.4, -0.2) is 51.8 Å². The Kier molecular flexibility index (Phi) is 7.70. The number of amides is 3. The van der Waals surface area contributed by atoms with E-state index in [9.17, 15) is 19.2 Å². The Morgan fingerprint density at radius 2 is 1.56 bits per heavy atom. The monoisotopic (exact) mass is 492 g/mol. The molecule has 0 aliphatic carbocycles. The molecule has 3 aromatic carbocycles. The van der Waals surface area contributed by atoms with Gasteiger partial charge in [-0.15, -0.1) is 0 Å². The second-order valence-corrected chi connectivity index (χ2v) is 10.2. The summed E-state index contributed by atoms with van der Waals surface area (Å²) in [6.45, 7) is 1.47. The third kappa shape index (κ3) is 5.51. The SMILES string of the molecule is CC(=O)SCC(=O)NC(CSCc1ccccc1)CN1C(=O)c2cccc3cccc(c23)C1=O. The van der Waals surface area contributed by atoms with Crippen molar-refractivity contribution in [2.24, 2.45) is 0 Å². The van der Waals surface area contributed by atoms with Gasteiger partial charge >= 0.3 is 0 Å². The standard InChI is InChI=1S/C26H24N2O4S2/c1-17(29)34-16-23(30)27-20(15-33-14-18-7-3-2-4-8-18)13-28-25(31)21-11-5-9-19-10-6-12-22(24(19)21)26(28)32/h2-12,20H,13-16H2,1H3,(H,27,30). The normalized spacial score (nSPS) is 13.7. The molecule has 3 aromatic rings. The molecule has 0 saturated heterocycles. The molecule has 4 rings (SSSR count). The Morgan fingerprint density at radius 3 is 2.18 bits per heavy atom. The first-order valence-corrected chi connectivity index (χ1v) is 13.0. The molecule has 8 heteroatoms. The van der Waals surface area contributed by atoms with E-state index in [0.29, 0.717) is 22.3 Å². The lowest BCUT2D eigenvalue weighted by molar-refractivity contribution is -0.119. The highest BCUT2D eigenvalue weighted by Crippen LogP contribution is 2.30. The van der Waals surface area contributed by atoms with Crippen LogP contribution in [0, 0.1) is 0 Å². The van der Waals surface area contributed by atoms with Crippen LogP contribution in [0.3, 0.4) is 0 Å². The largest absolute Gasteiger partial charge is 0.350 e. The zero-order chi connectivity index (χ0) is 24.1. The zero-order valence-electron chi connectivity index (χ0n) is 18.7. The Bertz CT molecular complexity index is 1200. The molecular weight excluding hydrogens is 468 g/mol. The summed E-state index contributed by atoms with van der Waals surface area (Å²) in [6, 6.07) is 20.3. The van der Waals surface area contributed by atoms with Gasteiger partial charge < -0.3 is 5.32 Å². The number of thioether (sulfide) groups is 2. The van der Waals surface area contributed by atoms with Gasteiger partial charge in [0.2, 0.25) is 5.91 Å². The third-order valence-electron chi connectivity index (χ3n) is 5.46. The molecule has 174 valence electrons. The Morgan fingerprint density at radius 1 is 0.912 bits per heavy atom. The summed E-state index contributed by atoms with van der Waals surface area (Å²) in [6.07, 6.45) is 0. The first-order chi connectivity index (χ1) is 16.4. The van der Waals surface area contributed by atoms with E-state index in [1.54, 1.807) is 36.0 Å². The number of hydrogen-bond donors (Lipinski definition) is 1. The van der Waals surface area contributed by atoms with E-state index in [4.69, 9.17) is 0 Å². The Labute approximate surface area is 206 Å². The molecule has 1 aliphatic rings. The first-order valence-electron chi connectivity index (χ1n) is 10.9. The van der Waals surface area contributed by atoms with Crippen molar-refractivity contribution in [3.05, 3.63) is 83.4 Å². The molecule has 0 bridgehead atoms. The number of nitrogens with zero attached hydrogens (tertiary/aromatic N) is 1. The summed E-state index contributed by atoms with van der Waals surface area (Å²) in [5.41, 5.74) is 2.12. The fraction of sp³-hybridized carbons (Fsp3) is 0.231. The van der Waals surface area contributed by atoms with Gasteiger partial charge in [-0.25, -0.2) is 0 Å². The van der Waals surface area contributed by atoms with Gasteiger partial charge in [0.05, 0.1) is 18.3 Å². The van der Waals surface area contributed by atoms with Crippen LogP contribution >= 0.6 is 23.5 Å². The Balaban J connectivity index is 1.52. The van der Waals surface area contributed by atoms with Crippen molar-refractivity contribution in [2.75, 3.05) is 18.1 Å². The maximum absolute atomic E-state index is 13.3.